The van der Waals surface area contributed by atoms with Gasteiger partial charge in [0.15, 0.2) is 0 Å². The van der Waals surface area contributed by atoms with Gasteiger partial charge in [-0.1, -0.05) is 30.3 Å². The van der Waals surface area contributed by atoms with E-state index in [1.165, 1.54) is 32.3 Å². The van der Waals surface area contributed by atoms with Crippen LogP contribution in [0.15, 0.2) is 78.9 Å². The Bertz CT molecular complexity index is 2180. The first kappa shape index (κ1) is 20.0. The Morgan fingerprint density at radius 3 is 2.36 bits per heavy atom. The largest absolute Gasteiger partial charge is 0.508 e. The number of rotatable bonds is 1. The van der Waals surface area contributed by atoms with Crippen molar-refractivity contribution in [3.05, 3.63) is 90.0 Å². The maximum Gasteiger partial charge on any atom is 0.126 e. The molecule has 3 nitrogen and oxygen atoms in total. The van der Waals surface area contributed by atoms with Gasteiger partial charge in [-0.05, 0) is 95.4 Å². The zero-order valence-electron chi connectivity index (χ0n) is 19.8. The molecule has 0 saturated heterocycles. The molecule has 0 fully saturated rings. The summed E-state index contributed by atoms with van der Waals surface area (Å²) in [5.74, 6) is 0.576. The van der Waals surface area contributed by atoms with Crippen LogP contribution in [0.5, 0.6) is 11.5 Å². The lowest BCUT2D eigenvalue weighted by atomic mass is 9.95. The lowest BCUT2D eigenvalue weighted by Gasteiger charge is -2.10. The lowest BCUT2D eigenvalue weighted by Crippen LogP contribution is -1.87. The van der Waals surface area contributed by atoms with Gasteiger partial charge in [0.25, 0.3) is 0 Å². The third kappa shape index (κ3) is 2.42. The van der Waals surface area contributed by atoms with Gasteiger partial charge in [0.05, 0.1) is 26.6 Å². The summed E-state index contributed by atoms with van der Waals surface area (Å²) in [5, 5.41) is 27.6. The molecule has 3 aromatic heterocycles. The monoisotopic (exact) mass is 483 g/mol. The second-order valence-electron chi connectivity index (χ2n) is 9.85. The summed E-state index contributed by atoms with van der Waals surface area (Å²) in [4.78, 5) is 0. The normalized spacial score (nSPS) is 12.4. The highest BCUT2D eigenvalue weighted by Crippen LogP contribution is 2.49. The minimum Gasteiger partial charge on any atom is -0.508 e. The summed E-state index contributed by atoms with van der Waals surface area (Å²) < 4.78 is 4.64. The molecule has 0 aliphatic heterocycles. The number of benzene rings is 5. The van der Waals surface area contributed by atoms with Crippen molar-refractivity contribution < 1.29 is 10.2 Å². The summed E-state index contributed by atoms with van der Waals surface area (Å²) in [7, 11) is 0. The Morgan fingerprint density at radius 2 is 1.53 bits per heavy atom. The predicted octanol–water partition coefficient (Wildman–Crippen LogP) is 8.90. The Labute approximate surface area is 210 Å². The van der Waals surface area contributed by atoms with Crippen LogP contribution in [0.2, 0.25) is 0 Å². The number of aromatic nitrogens is 1. The summed E-state index contributed by atoms with van der Waals surface area (Å²) in [5.41, 5.74) is 8.31. The summed E-state index contributed by atoms with van der Waals surface area (Å²) in [6.07, 6.45) is 0. The van der Waals surface area contributed by atoms with Crippen LogP contribution in [-0.2, 0) is 0 Å². The van der Waals surface area contributed by atoms with Crippen LogP contribution in [-0.4, -0.2) is 14.6 Å². The minimum atomic E-state index is 0.262. The topological polar surface area (TPSA) is 44.9 Å². The number of fused-ring (bicyclic) bond motifs is 9. The van der Waals surface area contributed by atoms with E-state index in [1.54, 1.807) is 17.4 Å². The molecule has 0 unspecified atom stereocenters. The summed E-state index contributed by atoms with van der Waals surface area (Å²) in [6, 6.07) is 26.9. The molecule has 0 radical (unpaired) electrons. The average molecular weight is 484 g/mol. The second-order valence-corrected chi connectivity index (χ2v) is 10.9. The first-order chi connectivity index (χ1) is 17.5. The Balaban J connectivity index is 1.59. The van der Waals surface area contributed by atoms with Crippen molar-refractivity contribution in [1.29, 1.82) is 0 Å². The van der Waals surface area contributed by atoms with Crippen molar-refractivity contribution in [2.24, 2.45) is 0 Å². The van der Waals surface area contributed by atoms with Crippen LogP contribution in [0.3, 0.4) is 0 Å². The van der Waals surface area contributed by atoms with Crippen LogP contribution in [0.4, 0.5) is 0 Å². The molecule has 8 rings (SSSR count). The SMILES string of the molecule is Cc1cccc(C)c1-c1ccc2sc3c4c(O)ccc5c6cc7ccc(O)cc7cc6n(c3c2c1)c54. The highest BCUT2D eigenvalue weighted by molar-refractivity contribution is 7.26. The zero-order valence-corrected chi connectivity index (χ0v) is 20.6. The number of hydrogen-bond acceptors (Lipinski definition) is 3. The number of hydrogen-bond donors (Lipinski definition) is 2. The molecule has 0 amide bonds. The fourth-order valence-corrected chi connectivity index (χ4v) is 7.40. The molecule has 0 saturated carbocycles. The molecule has 8 aromatic rings. The van der Waals surface area contributed by atoms with E-state index in [9.17, 15) is 10.2 Å². The summed E-state index contributed by atoms with van der Waals surface area (Å²) in [6.45, 7) is 4.34. The van der Waals surface area contributed by atoms with Gasteiger partial charge in [-0.3, -0.25) is 0 Å². The number of thiophene rings is 1. The number of aryl methyl sites for hydroxylation is 2. The van der Waals surface area contributed by atoms with Crippen molar-refractivity contribution in [2.75, 3.05) is 0 Å². The molecule has 0 aliphatic carbocycles. The second kappa shape index (κ2) is 6.68. The van der Waals surface area contributed by atoms with Gasteiger partial charge in [-0.2, -0.15) is 0 Å². The van der Waals surface area contributed by atoms with Crippen LogP contribution >= 0.6 is 11.3 Å². The van der Waals surface area contributed by atoms with Gasteiger partial charge in [-0.25, -0.2) is 0 Å². The molecule has 172 valence electrons. The molecular weight excluding hydrogens is 462 g/mol. The zero-order chi connectivity index (χ0) is 24.3. The van der Waals surface area contributed by atoms with E-state index in [0.29, 0.717) is 5.75 Å². The summed E-state index contributed by atoms with van der Waals surface area (Å²) >= 11 is 1.74. The molecule has 0 bridgehead atoms. The highest BCUT2D eigenvalue weighted by atomic mass is 32.1. The van der Waals surface area contributed by atoms with E-state index in [2.05, 4.69) is 66.8 Å². The van der Waals surface area contributed by atoms with Crippen molar-refractivity contribution >= 4 is 69.6 Å². The van der Waals surface area contributed by atoms with E-state index < -0.39 is 0 Å². The van der Waals surface area contributed by atoms with Crippen molar-refractivity contribution in [1.82, 2.24) is 4.40 Å². The lowest BCUT2D eigenvalue weighted by molar-refractivity contribution is 0.476. The van der Waals surface area contributed by atoms with Crippen LogP contribution in [0.1, 0.15) is 11.1 Å². The van der Waals surface area contributed by atoms with E-state index in [4.69, 9.17) is 0 Å². The molecule has 0 spiro atoms. The molecular formula is C32H21NO2S. The first-order valence-corrected chi connectivity index (χ1v) is 12.9. The third-order valence-corrected chi connectivity index (χ3v) is 8.91. The smallest absolute Gasteiger partial charge is 0.126 e. The van der Waals surface area contributed by atoms with Crippen molar-refractivity contribution in [3.63, 3.8) is 0 Å². The van der Waals surface area contributed by atoms with E-state index in [1.807, 2.05) is 24.3 Å². The molecule has 3 heterocycles. The van der Waals surface area contributed by atoms with Gasteiger partial charge in [-0.15, -0.1) is 11.3 Å². The maximum atomic E-state index is 11.0. The average Bonchev–Trinajstić information content (AvgIpc) is 3.48. The maximum absolute atomic E-state index is 11.0. The van der Waals surface area contributed by atoms with E-state index in [0.717, 1.165) is 48.2 Å². The van der Waals surface area contributed by atoms with Crippen molar-refractivity contribution in [2.45, 2.75) is 13.8 Å². The van der Waals surface area contributed by atoms with Gasteiger partial charge in [0.2, 0.25) is 0 Å². The van der Waals surface area contributed by atoms with E-state index >= 15 is 0 Å². The number of aromatic hydroxyl groups is 2. The number of phenols is 2. The van der Waals surface area contributed by atoms with Crippen LogP contribution in [0.25, 0.3) is 69.4 Å². The Kier molecular flexibility index (Phi) is 3.71. The quantitative estimate of drug-likeness (QED) is 0.245. The minimum absolute atomic E-state index is 0.262. The third-order valence-electron chi connectivity index (χ3n) is 7.73. The standard InChI is InChI=1S/C32H21NO2S/c1-16-4-3-5-17(2)28(16)19-7-11-27-24(14-19)31-32(36-27)29-26(35)10-9-22-23-13-18-6-8-21(34)12-20(18)15-25(23)33(31)30(22)29/h3-15,34-35H,1-2H3. The molecule has 36 heavy (non-hydrogen) atoms. The van der Waals surface area contributed by atoms with Crippen LogP contribution in [0, 0.1) is 13.8 Å². The van der Waals surface area contributed by atoms with Gasteiger partial charge in [0.1, 0.15) is 11.5 Å². The Hall–Kier alpha value is -4.28. The van der Waals surface area contributed by atoms with Gasteiger partial charge >= 0.3 is 0 Å². The molecule has 5 aromatic carbocycles. The molecule has 0 aliphatic rings. The Morgan fingerprint density at radius 1 is 0.694 bits per heavy atom. The van der Waals surface area contributed by atoms with Crippen molar-refractivity contribution in [3.8, 4) is 22.6 Å². The molecule has 2 N–H and O–H groups in total. The predicted molar refractivity (Wildman–Crippen MR) is 152 cm³/mol. The molecule has 4 heteroatoms. The fourth-order valence-electron chi connectivity index (χ4n) is 6.18. The highest BCUT2D eigenvalue weighted by Gasteiger charge is 2.24. The molecule has 0 atom stereocenters. The fraction of sp³-hybridized carbons (Fsp3) is 0.0625. The first-order valence-electron chi connectivity index (χ1n) is 12.1. The van der Waals surface area contributed by atoms with E-state index in [-0.39, 0.29) is 5.75 Å². The number of nitrogens with zero attached hydrogens (tertiary/aromatic N) is 1. The van der Waals surface area contributed by atoms with Gasteiger partial charge < -0.3 is 14.6 Å². The van der Waals surface area contributed by atoms with Gasteiger partial charge in [0, 0.05) is 20.9 Å². The number of phenolic OH excluding ortho intramolecular Hbond substituents is 2. The van der Waals surface area contributed by atoms with Crippen LogP contribution < -0.4 is 0 Å².